The fraction of sp³-hybridized carbons (Fsp3) is 0.300. The minimum absolute atomic E-state index is 0.292. The first-order valence-corrected chi connectivity index (χ1v) is 16.1. The normalized spacial score (nSPS) is 23.8. The van der Waals surface area contributed by atoms with E-state index in [0.717, 1.165) is 21.4 Å². The Kier molecular flexibility index (Phi) is 9.56. The molecule has 228 valence electrons. The van der Waals surface area contributed by atoms with Gasteiger partial charge in [-0.05, 0) is 24.3 Å². The molecule has 0 spiro atoms. The van der Waals surface area contributed by atoms with Crippen LogP contribution in [0.1, 0.15) is 11.9 Å². The summed E-state index contributed by atoms with van der Waals surface area (Å²) >= 11 is 0. The van der Waals surface area contributed by atoms with E-state index in [9.17, 15) is 43.3 Å². The van der Waals surface area contributed by atoms with Crippen molar-refractivity contribution in [3.63, 3.8) is 0 Å². The molecule has 1 saturated heterocycles. The molecule has 0 aromatic carbocycles. The second kappa shape index (κ2) is 12.5. The number of aliphatic hydroxyl groups excluding tert-OH is 2. The van der Waals surface area contributed by atoms with E-state index in [1.54, 1.807) is 36.5 Å². The van der Waals surface area contributed by atoms with Crippen molar-refractivity contribution in [3.05, 3.63) is 81.5 Å². The minimum Gasteiger partial charge on any atom is -0.387 e. The van der Waals surface area contributed by atoms with Crippen LogP contribution >= 0.6 is 23.5 Å². The maximum Gasteiger partial charge on any atom is 0.490 e. The lowest BCUT2D eigenvalue weighted by atomic mass is 10.1. The first-order valence-electron chi connectivity index (χ1n) is 11.5. The molecule has 4 unspecified atom stereocenters. The van der Waals surface area contributed by atoms with Gasteiger partial charge < -0.3 is 34.5 Å². The lowest BCUT2D eigenvalue weighted by Crippen LogP contribution is -2.43. The van der Waals surface area contributed by atoms with Gasteiger partial charge in [0.2, 0.25) is 0 Å². The van der Waals surface area contributed by atoms with Crippen molar-refractivity contribution in [2.24, 2.45) is 0 Å². The van der Waals surface area contributed by atoms with Crippen LogP contribution in [0.4, 0.5) is 0 Å². The van der Waals surface area contributed by atoms with Crippen LogP contribution in [0.25, 0.3) is 11.3 Å². The Labute approximate surface area is 234 Å². The molecule has 1 aliphatic rings. The van der Waals surface area contributed by atoms with Crippen molar-refractivity contribution in [3.8, 4) is 11.3 Å². The number of phosphoric ester groups is 1. The van der Waals surface area contributed by atoms with E-state index in [4.69, 9.17) is 14.5 Å². The molecule has 0 bridgehead atoms. The standard InChI is InChI=1S/C20H23N4O15P3/c25-16-5-8-23(20(28)24(16)10-13-9-12(4-7-21-13)14-3-1-2-6-22-14)19-18(27)17(26)15(37-19)11-36-41(32,33)39-42(34,35)38-40(29,30)31/h1-9,15,17-19,26-27H,10-11H2,(H,32,33)(H,34,35)(H2,29,30,31)/t15-,17?,18?,19-/m1/s1. The van der Waals surface area contributed by atoms with Crippen LogP contribution in [-0.2, 0) is 38.1 Å². The molecule has 19 nitrogen and oxygen atoms in total. The number of ether oxygens (including phenoxy) is 1. The maximum atomic E-state index is 13.2. The molecule has 4 heterocycles. The average Bonchev–Trinajstić information content (AvgIpc) is 3.17. The Morgan fingerprint density at radius 2 is 1.64 bits per heavy atom. The summed E-state index contributed by atoms with van der Waals surface area (Å²) in [6, 6.07) is 9.57. The van der Waals surface area contributed by atoms with E-state index in [1.807, 2.05) is 0 Å². The molecule has 1 fully saturated rings. The van der Waals surface area contributed by atoms with Crippen LogP contribution in [-0.4, -0.2) is 73.8 Å². The molecule has 42 heavy (non-hydrogen) atoms. The van der Waals surface area contributed by atoms with E-state index in [-0.39, 0.29) is 6.54 Å². The SMILES string of the molecule is O=c1ccn([C@@H]2O[C@H](COP(=O)(O)OP(=O)(O)OP(=O)(O)O)C(O)C2O)c(=O)n1Cc1cc(-c2ccccn2)ccn1. The largest absolute Gasteiger partial charge is 0.490 e. The van der Waals surface area contributed by atoms with Crippen LogP contribution in [0, 0.1) is 0 Å². The summed E-state index contributed by atoms with van der Waals surface area (Å²) in [7, 11) is -17.0. The highest BCUT2D eigenvalue weighted by molar-refractivity contribution is 7.66. The molecule has 3 aromatic heterocycles. The summed E-state index contributed by atoms with van der Waals surface area (Å²) < 4.78 is 52.8. The smallest absolute Gasteiger partial charge is 0.387 e. The first-order chi connectivity index (χ1) is 19.6. The van der Waals surface area contributed by atoms with Crippen molar-refractivity contribution in [1.82, 2.24) is 19.1 Å². The van der Waals surface area contributed by atoms with Crippen LogP contribution in [0.5, 0.6) is 0 Å². The van der Waals surface area contributed by atoms with Gasteiger partial charge in [-0.15, -0.1) is 0 Å². The lowest BCUT2D eigenvalue weighted by Gasteiger charge is -2.19. The third kappa shape index (κ3) is 8.00. The predicted octanol–water partition coefficient (Wildman–Crippen LogP) is -0.522. The Balaban J connectivity index is 1.50. The monoisotopic (exact) mass is 652 g/mol. The second-order valence-electron chi connectivity index (χ2n) is 8.61. The van der Waals surface area contributed by atoms with E-state index in [1.165, 1.54) is 6.20 Å². The highest BCUT2D eigenvalue weighted by atomic mass is 31.3. The van der Waals surface area contributed by atoms with Gasteiger partial charge in [0.1, 0.15) is 18.3 Å². The fourth-order valence-corrected chi connectivity index (χ4v) is 6.89. The number of aliphatic hydroxyl groups is 2. The van der Waals surface area contributed by atoms with E-state index in [0.29, 0.717) is 17.0 Å². The number of hydrogen-bond acceptors (Lipinski definition) is 13. The van der Waals surface area contributed by atoms with Crippen molar-refractivity contribution >= 4 is 23.5 Å². The Morgan fingerprint density at radius 3 is 2.31 bits per heavy atom. The third-order valence-corrected chi connectivity index (χ3v) is 9.42. The average molecular weight is 652 g/mol. The number of pyridine rings is 2. The van der Waals surface area contributed by atoms with Crippen molar-refractivity contribution in [2.45, 2.75) is 31.1 Å². The predicted molar refractivity (Wildman–Crippen MR) is 137 cm³/mol. The summed E-state index contributed by atoms with van der Waals surface area (Å²) in [5.41, 5.74) is -0.0909. The van der Waals surface area contributed by atoms with E-state index < -0.39 is 65.9 Å². The van der Waals surface area contributed by atoms with Crippen LogP contribution in [0.15, 0.2) is 64.6 Å². The molecule has 0 amide bonds. The van der Waals surface area contributed by atoms with Crippen molar-refractivity contribution in [2.75, 3.05) is 6.61 Å². The molecule has 22 heteroatoms. The fourth-order valence-electron chi connectivity index (χ4n) is 3.86. The highest BCUT2D eigenvalue weighted by Crippen LogP contribution is 2.66. The van der Waals surface area contributed by atoms with Gasteiger partial charge in [0, 0.05) is 30.2 Å². The van der Waals surface area contributed by atoms with Gasteiger partial charge in [-0.25, -0.2) is 18.5 Å². The molecule has 6 N–H and O–H groups in total. The minimum atomic E-state index is -5.79. The van der Waals surface area contributed by atoms with E-state index >= 15 is 0 Å². The maximum absolute atomic E-state index is 13.2. The molecule has 6 atom stereocenters. The van der Waals surface area contributed by atoms with Crippen LogP contribution in [0.2, 0.25) is 0 Å². The summed E-state index contributed by atoms with van der Waals surface area (Å²) in [5, 5.41) is 20.9. The number of phosphoric acid groups is 3. The van der Waals surface area contributed by atoms with Gasteiger partial charge in [-0.3, -0.25) is 28.4 Å². The van der Waals surface area contributed by atoms with Crippen molar-refractivity contribution in [1.29, 1.82) is 0 Å². The zero-order valence-corrected chi connectivity index (χ0v) is 23.6. The summed E-state index contributed by atoms with van der Waals surface area (Å²) in [5.74, 6) is 0. The molecule has 4 rings (SSSR count). The van der Waals surface area contributed by atoms with Crippen molar-refractivity contribution < 1.29 is 61.4 Å². The van der Waals surface area contributed by atoms with Gasteiger partial charge in [0.25, 0.3) is 5.56 Å². The third-order valence-electron chi connectivity index (χ3n) is 5.62. The second-order valence-corrected chi connectivity index (χ2v) is 13.0. The highest BCUT2D eigenvalue weighted by Gasteiger charge is 2.47. The molecular weight excluding hydrogens is 629 g/mol. The summed E-state index contributed by atoms with van der Waals surface area (Å²) in [6.07, 6.45) is -2.92. The number of nitrogens with zero attached hydrogens (tertiary/aromatic N) is 4. The molecule has 0 aliphatic carbocycles. The van der Waals surface area contributed by atoms with Gasteiger partial charge >= 0.3 is 29.2 Å². The Bertz CT molecular complexity index is 1690. The number of aromatic nitrogens is 4. The Hall–Kier alpha value is -2.73. The van der Waals surface area contributed by atoms with Gasteiger partial charge in [0.15, 0.2) is 6.23 Å². The first kappa shape index (κ1) is 32.2. The molecule has 1 aliphatic heterocycles. The van der Waals surface area contributed by atoms with Gasteiger partial charge in [-0.1, -0.05) is 6.07 Å². The zero-order valence-electron chi connectivity index (χ0n) is 20.9. The molecule has 0 saturated carbocycles. The van der Waals surface area contributed by atoms with Gasteiger partial charge in [-0.2, -0.15) is 8.62 Å². The zero-order chi connectivity index (χ0) is 30.9. The summed E-state index contributed by atoms with van der Waals surface area (Å²) in [6.45, 7) is -1.38. The topological polar surface area (TPSA) is 279 Å². The quantitative estimate of drug-likeness (QED) is 0.142. The lowest BCUT2D eigenvalue weighted by molar-refractivity contribution is -0.0547. The van der Waals surface area contributed by atoms with Crippen LogP contribution < -0.4 is 11.2 Å². The number of rotatable bonds is 11. The summed E-state index contributed by atoms with van der Waals surface area (Å²) in [4.78, 5) is 70.2. The number of hydrogen-bond donors (Lipinski definition) is 6. The molecule has 0 radical (unpaired) electrons. The molecular formula is C20H23N4O15P3. The van der Waals surface area contributed by atoms with Crippen LogP contribution in [0.3, 0.4) is 0 Å². The molecule has 3 aromatic rings. The van der Waals surface area contributed by atoms with E-state index in [2.05, 4.69) is 23.1 Å². The Morgan fingerprint density at radius 1 is 0.905 bits per heavy atom. The van der Waals surface area contributed by atoms with Gasteiger partial charge in [0.05, 0.1) is 24.5 Å².